The number of guanidine groups is 2. The molecule has 2 heterocycles. The lowest BCUT2D eigenvalue weighted by atomic mass is 10.0. The summed E-state index contributed by atoms with van der Waals surface area (Å²) in [4.78, 5) is 135. The number of nitrogens with zero attached hydrogens (tertiary/aromatic N) is 3. The van der Waals surface area contributed by atoms with Crippen LogP contribution in [0.5, 0.6) is 0 Å². The lowest BCUT2D eigenvalue weighted by Crippen LogP contribution is -2.60. The van der Waals surface area contributed by atoms with Crippen molar-refractivity contribution >= 4 is 76.0 Å². The molecule has 3 aromatic rings. The van der Waals surface area contributed by atoms with Gasteiger partial charge in [-0.1, -0.05) is 18.2 Å². The van der Waals surface area contributed by atoms with Crippen molar-refractivity contribution in [2.24, 2.45) is 38.7 Å². The largest absolute Gasteiger partial charge is 0.480 e. The number of carboxylic acid groups (broad SMARTS) is 1. The van der Waals surface area contributed by atoms with E-state index >= 15 is 0 Å². The molecule has 1 aromatic carbocycles. The molecular weight excluding hydrogens is 921 g/mol. The number of amides is 8. The van der Waals surface area contributed by atoms with Crippen LogP contribution in [0, 0.1) is 0 Å². The average Bonchev–Trinajstić information content (AvgIpc) is 3.99. The van der Waals surface area contributed by atoms with Crippen LogP contribution >= 0.6 is 0 Å². The number of para-hydroxylation sites is 1. The van der Waals surface area contributed by atoms with Crippen LogP contribution < -0.4 is 71.2 Å². The zero-order chi connectivity index (χ0) is 51.8. The summed E-state index contributed by atoms with van der Waals surface area (Å²) < 4.78 is 0. The molecule has 8 amide bonds. The van der Waals surface area contributed by atoms with Crippen molar-refractivity contribution in [1.29, 1.82) is 0 Å². The Balaban J connectivity index is 1.85. The zero-order valence-electron chi connectivity index (χ0n) is 38.3. The molecule has 0 radical (unpaired) electrons. The number of nitrogens with two attached hydrogens (primary N) is 5. The Labute approximate surface area is 400 Å². The maximum atomic E-state index is 14.3. The van der Waals surface area contributed by atoms with Crippen molar-refractivity contribution in [3.63, 3.8) is 0 Å². The maximum Gasteiger partial charge on any atom is 0.322 e. The molecular formula is C41H62N18O11. The van der Waals surface area contributed by atoms with Gasteiger partial charge in [0.2, 0.25) is 47.3 Å². The van der Waals surface area contributed by atoms with Gasteiger partial charge in [-0.3, -0.25) is 53.1 Å². The number of imidazole rings is 1. The number of hydrogen-bond acceptors (Lipinski definition) is 14. The first-order valence-electron chi connectivity index (χ1n) is 21.8. The Hall–Kier alpha value is -8.34. The van der Waals surface area contributed by atoms with Crippen LogP contribution in [0.15, 0.2) is 53.0 Å². The van der Waals surface area contributed by atoms with Crippen LogP contribution in [0.25, 0.3) is 10.9 Å². The average molecular weight is 983 g/mol. The number of carbonyl (C=O) groups is 9. The third-order valence-corrected chi connectivity index (χ3v) is 10.1. The number of aliphatic hydroxyl groups excluding tert-OH is 1. The third kappa shape index (κ3) is 19.9. The first-order valence-corrected chi connectivity index (χ1v) is 21.8. The molecule has 6 atom stereocenters. The van der Waals surface area contributed by atoms with Gasteiger partial charge in [-0.15, -0.1) is 0 Å². The molecule has 0 saturated heterocycles. The summed E-state index contributed by atoms with van der Waals surface area (Å²) in [5, 5.41) is 39.9. The number of aliphatic imine (C=N–C) groups is 2. The normalized spacial score (nSPS) is 13.4. The Morgan fingerprint density at radius 2 is 1.20 bits per heavy atom. The highest BCUT2D eigenvalue weighted by molar-refractivity contribution is 5.97. The van der Waals surface area contributed by atoms with E-state index in [9.17, 15) is 53.4 Å². The maximum absolute atomic E-state index is 14.3. The molecule has 29 heteroatoms. The van der Waals surface area contributed by atoms with Gasteiger partial charge in [0.1, 0.15) is 36.8 Å². The van der Waals surface area contributed by atoms with Crippen molar-refractivity contribution in [2.75, 3.05) is 39.3 Å². The van der Waals surface area contributed by atoms with Gasteiger partial charge in [0.05, 0.1) is 32.1 Å². The molecule has 0 aliphatic carbocycles. The minimum atomic E-state index is -1.73. The highest BCUT2D eigenvalue weighted by Crippen LogP contribution is 2.20. The van der Waals surface area contributed by atoms with Gasteiger partial charge < -0.3 is 91.4 Å². The number of hydrogen-bond donors (Lipinski definition) is 17. The van der Waals surface area contributed by atoms with E-state index in [1.807, 2.05) is 0 Å². The van der Waals surface area contributed by atoms with Gasteiger partial charge in [0, 0.05) is 54.9 Å². The summed E-state index contributed by atoms with van der Waals surface area (Å²) in [5.41, 5.74) is 28.6. The second kappa shape index (κ2) is 28.7. The van der Waals surface area contributed by atoms with Gasteiger partial charge in [-0.05, 0) is 44.2 Å². The fourth-order valence-corrected chi connectivity index (χ4v) is 6.61. The smallest absolute Gasteiger partial charge is 0.322 e. The number of carboxylic acids is 1. The van der Waals surface area contributed by atoms with Gasteiger partial charge >= 0.3 is 5.97 Å². The number of aromatic amines is 2. The molecule has 22 N–H and O–H groups in total. The topological polar surface area (TPSA) is 490 Å². The zero-order valence-corrected chi connectivity index (χ0v) is 38.3. The van der Waals surface area contributed by atoms with Crippen LogP contribution in [-0.2, 0) is 56.0 Å². The summed E-state index contributed by atoms with van der Waals surface area (Å²) in [5.74, 6) is -8.69. The number of aromatic nitrogens is 3. The van der Waals surface area contributed by atoms with Crippen molar-refractivity contribution < 1.29 is 53.4 Å². The summed E-state index contributed by atoms with van der Waals surface area (Å²) >= 11 is 0. The van der Waals surface area contributed by atoms with Crippen molar-refractivity contribution in [3.8, 4) is 0 Å². The molecule has 0 aliphatic heterocycles. The van der Waals surface area contributed by atoms with Crippen LogP contribution in [0.3, 0.4) is 0 Å². The molecule has 29 nitrogen and oxygen atoms in total. The van der Waals surface area contributed by atoms with Gasteiger partial charge in [0.15, 0.2) is 11.9 Å². The van der Waals surface area contributed by atoms with Crippen LogP contribution in [0.2, 0.25) is 0 Å². The summed E-state index contributed by atoms with van der Waals surface area (Å²) in [6.45, 7) is -1.14. The minimum Gasteiger partial charge on any atom is -0.480 e. The first-order chi connectivity index (χ1) is 33.3. The van der Waals surface area contributed by atoms with Gasteiger partial charge in [-0.25, -0.2) is 4.98 Å². The number of aliphatic carboxylic acids is 1. The number of fused-ring (bicyclic) bond motifs is 1. The summed E-state index contributed by atoms with van der Waals surface area (Å²) in [7, 11) is 0. The molecule has 70 heavy (non-hydrogen) atoms. The molecule has 382 valence electrons. The molecule has 0 aliphatic rings. The molecule has 0 bridgehead atoms. The molecule has 3 rings (SSSR count). The Bertz CT molecular complexity index is 2330. The lowest BCUT2D eigenvalue weighted by molar-refractivity contribution is -0.138. The Kier molecular flexibility index (Phi) is 23.0. The predicted molar refractivity (Wildman–Crippen MR) is 251 cm³/mol. The standard InChI is InChI=1S/C41H62N18O11/c1-21(60)34(59-32(63)18-52-35(66)26(8-4-10-48-40(43)44)55-31(62)17-51-30(61)14-42)39(70)56-27(9-5-11-49-41(45)46)37(68)57-28(12-22-15-50-25-7-3-2-6-24(22)25)38(69)58-29(13-23-16-47-20-54-23)36(67)53-19-33(64)65/h2-3,6-7,15-16,20-21,26-29,34,50,60H,4-5,8-14,17-19,42H2,1H3,(H,47,54)(H,51,61)(H,52,66)(H,53,67)(H,55,62)(H,56,70)(H,57,68)(H,58,69)(H,59,63)(H,64,65)(H4,43,44,48)(H4,45,46,49)/t21-,26+,27+,28+,29+,34+/m1/s1. The second-order valence-corrected chi connectivity index (χ2v) is 15.6. The lowest BCUT2D eigenvalue weighted by Gasteiger charge is -2.27. The van der Waals surface area contributed by atoms with Crippen molar-refractivity contribution in [2.45, 2.75) is 81.8 Å². The van der Waals surface area contributed by atoms with E-state index < -0.39 is 109 Å². The summed E-state index contributed by atoms with van der Waals surface area (Å²) in [6, 6.07) is -0.126. The second-order valence-electron chi connectivity index (χ2n) is 15.6. The number of benzene rings is 1. The number of H-pyrrole nitrogens is 2. The van der Waals surface area contributed by atoms with E-state index in [0.717, 1.165) is 0 Å². The Morgan fingerprint density at radius 1 is 0.657 bits per heavy atom. The van der Waals surface area contributed by atoms with E-state index in [4.69, 9.17) is 28.7 Å². The van der Waals surface area contributed by atoms with E-state index in [0.29, 0.717) is 22.2 Å². The third-order valence-electron chi connectivity index (χ3n) is 10.1. The fourth-order valence-electron chi connectivity index (χ4n) is 6.61. The molecule has 2 aromatic heterocycles. The van der Waals surface area contributed by atoms with Crippen LogP contribution in [-0.4, -0.2) is 166 Å². The number of aliphatic hydroxyl groups is 1. The van der Waals surface area contributed by atoms with Crippen molar-refractivity contribution in [1.82, 2.24) is 57.5 Å². The van der Waals surface area contributed by atoms with Gasteiger partial charge in [-0.2, -0.15) is 0 Å². The number of carbonyl (C=O) groups excluding carboxylic acids is 8. The monoisotopic (exact) mass is 982 g/mol. The number of nitrogens with one attached hydrogen (secondary N) is 10. The van der Waals surface area contributed by atoms with Crippen molar-refractivity contribution in [3.05, 3.63) is 54.2 Å². The van der Waals surface area contributed by atoms with Crippen LogP contribution in [0.1, 0.15) is 43.9 Å². The number of rotatable bonds is 30. The summed E-state index contributed by atoms with van der Waals surface area (Å²) in [6.07, 6.45) is 2.60. The SMILES string of the molecule is C[C@@H](O)[C@H](NC(=O)CNC(=O)[C@H](CCCN=C(N)N)NC(=O)CNC(=O)CN)C(=O)N[C@@H](CCCN=C(N)N)C(=O)N[C@@H](Cc1c[nH]c2ccccc12)C(=O)N[C@@H](Cc1cnc[nH]1)C(=O)NCC(=O)O. The highest BCUT2D eigenvalue weighted by atomic mass is 16.4. The quantitative estimate of drug-likeness (QED) is 0.0168. The molecule has 0 fully saturated rings. The highest BCUT2D eigenvalue weighted by Gasteiger charge is 2.34. The van der Waals surface area contributed by atoms with E-state index in [1.165, 1.54) is 19.4 Å². The molecule has 0 unspecified atom stereocenters. The fraction of sp³-hybridized carbons (Fsp3) is 0.463. The van der Waals surface area contributed by atoms with E-state index in [-0.39, 0.29) is 70.1 Å². The van der Waals surface area contributed by atoms with E-state index in [1.54, 1.807) is 30.5 Å². The minimum absolute atomic E-state index is 0.00366. The van der Waals surface area contributed by atoms with Gasteiger partial charge in [0.25, 0.3) is 0 Å². The Morgan fingerprint density at radius 3 is 1.79 bits per heavy atom. The predicted octanol–water partition coefficient (Wildman–Crippen LogP) is -7.02. The molecule has 0 saturated carbocycles. The first kappa shape index (κ1) is 56.0. The van der Waals surface area contributed by atoms with Crippen LogP contribution in [0.4, 0.5) is 0 Å². The van der Waals surface area contributed by atoms with E-state index in [2.05, 4.69) is 67.5 Å². The molecule has 0 spiro atoms.